The number of rotatable bonds is 35. The molecule has 400 valence electrons. The number of aromatic nitrogens is 4. The number of carboxylic acid groups (broad SMARTS) is 1. The lowest BCUT2D eigenvalue weighted by Gasteiger charge is -2.25. The van der Waals surface area contributed by atoms with Crippen molar-refractivity contribution in [2.45, 2.75) is 83.8 Å². The number of imidazole rings is 1. The summed E-state index contributed by atoms with van der Waals surface area (Å²) < 4.78 is 52.7. The lowest BCUT2D eigenvalue weighted by Crippen LogP contribution is -2.43. The third-order valence-electron chi connectivity index (χ3n) is 12.5. The van der Waals surface area contributed by atoms with Crippen LogP contribution in [0.3, 0.4) is 0 Å². The zero-order valence-electron chi connectivity index (χ0n) is 42.5. The Morgan fingerprint density at radius 2 is 1.03 bits per heavy atom. The predicted octanol–water partition coefficient (Wildman–Crippen LogP) is 6.09. The molecule has 72 heavy (non-hydrogen) atoms. The third kappa shape index (κ3) is 21.5. The normalized spacial score (nSPS) is 14.6. The minimum Gasteiger partial charge on any atom is -0.478 e. The highest BCUT2D eigenvalue weighted by atomic mass is 16.6. The van der Waals surface area contributed by atoms with Crippen molar-refractivity contribution in [2.24, 2.45) is 11.8 Å². The van der Waals surface area contributed by atoms with E-state index in [9.17, 15) is 14.4 Å². The second kappa shape index (κ2) is 35.5. The van der Waals surface area contributed by atoms with E-state index in [1.54, 1.807) is 17.8 Å². The van der Waals surface area contributed by atoms with Crippen molar-refractivity contribution in [2.75, 3.05) is 126 Å². The van der Waals surface area contributed by atoms with E-state index in [-0.39, 0.29) is 17.9 Å². The van der Waals surface area contributed by atoms with Gasteiger partial charge in [0.1, 0.15) is 5.82 Å². The van der Waals surface area contributed by atoms with Gasteiger partial charge in [0.25, 0.3) is 5.56 Å². The molecule has 6 rings (SSSR count). The number of aliphatic hydroxyl groups is 1. The number of carboxylic acids is 1. The number of carbonyl (C=O) groups is 1. The SMILES string of the molecule is COCCOCCOCCOCCOCCOCCOCCOCCOCCO.O=C(O)/C=C/c1ccc(-c2nc3c(c(=O)n(CC4CCCCC4)c(=O)n3CC3CCCCC3)n2Cc2ccccc2)cc1. The molecule has 2 aromatic heterocycles. The molecule has 0 aliphatic heterocycles. The van der Waals surface area contributed by atoms with Gasteiger partial charge in [-0.1, -0.05) is 93.1 Å². The Bertz CT molecular complexity index is 2190. The van der Waals surface area contributed by atoms with Crippen LogP contribution in [-0.4, -0.2) is 161 Å². The smallest absolute Gasteiger partial charge is 0.332 e. The molecule has 0 spiro atoms. The minimum absolute atomic E-state index is 0.0322. The Balaban J connectivity index is 0.000000292. The lowest BCUT2D eigenvalue weighted by atomic mass is 9.89. The summed E-state index contributed by atoms with van der Waals surface area (Å²) in [5.41, 5.74) is 3.02. The molecule has 2 N–H and O–H groups in total. The summed E-state index contributed by atoms with van der Waals surface area (Å²) in [6.45, 7) is 10.4. The fourth-order valence-electron chi connectivity index (χ4n) is 8.77. The first-order valence-corrected chi connectivity index (χ1v) is 25.9. The number of hydrogen-bond acceptors (Lipinski definition) is 14. The monoisotopic (exact) mass is 1010 g/mol. The molecule has 0 bridgehead atoms. The van der Waals surface area contributed by atoms with Gasteiger partial charge in [-0.05, 0) is 54.7 Å². The first-order chi connectivity index (χ1) is 35.4. The minimum atomic E-state index is -1.01. The number of benzene rings is 2. The fourth-order valence-corrected chi connectivity index (χ4v) is 8.77. The topological polar surface area (TPSA) is 202 Å². The highest BCUT2D eigenvalue weighted by molar-refractivity contribution is 5.85. The van der Waals surface area contributed by atoms with Crippen molar-refractivity contribution in [3.63, 3.8) is 0 Å². The van der Waals surface area contributed by atoms with E-state index >= 15 is 0 Å². The summed E-state index contributed by atoms with van der Waals surface area (Å²) >= 11 is 0. The van der Waals surface area contributed by atoms with Crippen LogP contribution in [0.5, 0.6) is 0 Å². The van der Waals surface area contributed by atoms with Gasteiger partial charge in [0.2, 0.25) is 0 Å². The van der Waals surface area contributed by atoms with Gasteiger partial charge in [-0.2, -0.15) is 0 Å². The van der Waals surface area contributed by atoms with Crippen LogP contribution >= 0.6 is 0 Å². The maximum atomic E-state index is 14.4. The second-order valence-electron chi connectivity index (χ2n) is 17.9. The van der Waals surface area contributed by atoms with Crippen LogP contribution in [0, 0.1) is 11.8 Å². The molecule has 2 saturated carbocycles. The Labute approximate surface area is 424 Å². The molecule has 0 unspecified atom stereocenters. The molecule has 0 saturated heterocycles. The van der Waals surface area contributed by atoms with Crippen LogP contribution in [0.4, 0.5) is 0 Å². The first kappa shape index (κ1) is 58.3. The van der Waals surface area contributed by atoms with Crippen LogP contribution in [0.15, 0.2) is 70.3 Å². The van der Waals surface area contributed by atoms with Crippen LogP contribution in [0.2, 0.25) is 0 Å². The van der Waals surface area contributed by atoms with E-state index in [2.05, 4.69) is 0 Å². The van der Waals surface area contributed by atoms with Crippen molar-refractivity contribution in [3.05, 3.63) is 92.6 Å². The van der Waals surface area contributed by atoms with E-state index in [0.29, 0.717) is 161 Å². The van der Waals surface area contributed by atoms with Gasteiger partial charge in [-0.25, -0.2) is 14.6 Å². The van der Waals surface area contributed by atoms with E-state index in [1.807, 2.05) is 59.2 Å². The fraction of sp³-hybridized carbons (Fsp3) is 0.630. The summed E-state index contributed by atoms with van der Waals surface area (Å²) in [5.74, 6) is 0.334. The number of aliphatic carboxylic acids is 1. The van der Waals surface area contributed by atoms with Gasteiger partial charge in [-0.15, -0.1) is 0 Å². The number of methoxy groups -OCH3 is 1. The lowest BCUT2D eigenvalue weighted by molar-refractivity contribution is -0.131. The number of nitrogens with zero attached hydrogens (tertiary/aromatic N) is 4. The van der Waals surface area contributed by atoms with Gasteiger partial charge in [0.15, 0.2) is 11.2 Å². The van der Waals surface area contributed by atoms with Crippen molar-refractivity contribution < 1.29 is 57.6 Å². The summed E-state index contributed by atoms with van der Waals surface area (Å²) in [7, 11) is 1.64. The Morgan fingerprint density at radius 1 is 0.583 bits per heavy atom. The molecule has 2 aliphatic rings. The van der Waals surface area contributed by atoms with E-state index < -0.39 is 5.97 Å². The molecule has 2 heterocycles. The molecule has 0 atom stereocenters. The summed E-state index contributed by atoms with van der Waals surface area (Å²) in [4.78, 5) is 44.6. The first-order valence-electron chi connectivity index (χ1n) is 25.9. The predicted molar refractivity (Wildman–Crippen MR) is 275 cm³/mol. The largest absolute Gasteiger partial charge is 0.478 e. The van der Waals surface area contributed by atoms with Crippen LogP contribution in [0.1, 0.15) is 75.3 Å². The van der Waals surface area contributed by atoms with Crippen LogP contribution in [0.25, 0.3) is 28.6 Å². The molecular formula is C54H80N4O14. The number of hydrogen-bond donors (Lipinski definition) is 2. The molecule has 2 aliphatic carbocycles. The van der Waals surface area contributed by atoms with Gasteiger partial charge < -0.3 is 57.4 Å². The van der Waals surface area contributed by atoms with E-state index in [1.165, 1.54) is 30.3 Å². The molecular weight excluding hydrogens is 929 g/mol. The summed E-state index contributed by atoms with van der Waals surface area (Å²) in [5, 5.41) is 17.6. The average molecular weight is 1010 g/mol. The number of fused-ring (bicyclic) bond motifs is 1. The Morgan fingerprint density at radius 3 is 1.47 bits per heavy atom. The van der Waals surface area contributed by atoms with Gasteiger partial charge in [-0.3, -0.25) is 13.9 Å². The molecule has 4 aromatic rings. The van der Waals surface area contributed by atoms with E-state index in [4.69, 9.17) is 57.8 Å². The van der Waals surface area contributed by atoms with Crippen molar-refractivity contribution in [1.82, 2.24) is 18.7 Å². The van der Waals surface area contributed by atoms with E-state index in [0.717, 1.165) is 61.3 Å². The molecule has 18 nitrogen and oxygen atoms in total. The quantitative estimate of drug-likeness (QED) is 0.0396. The molecule has 0 radical (unpaired) electrons. The second-order valence-corrected chi connectivity index (χ2v) is 17.9. The zero-order chi connectivity index (χ0) is 50.9. The average Bonchev–Trinajstić information content (AvgIpc) is 3.78. The molecule has 2 aromatic carbocycles. The molecule has 0 amide bonds. The molecule has 2 fully saturated rings. The van der Waals surface area contributed by atoms with Crippen LogP contribution in [-0.2, 0) is 67.1 Å². The van der Waals surface area contributed by atoms with Crippen molar-refractivity contribution >= 4 is 23.2 Å². The highest BCUT2D eigenvalue weighted by Gasteiger charge is 2.26. The summed E-state index contributed by atoms with van der Waals surface area (Å²) in [6, 6.07) is 17.5. The highest BCUT2D eigenvalue weighted by Crippen LogP contribution is 2.29. The van der Waals surface area contributed by atoms with Crippen molar-refractivity contribution in [3.8, 4) is 11.4 Å². The standard InChI is InChI=1S/C35H40N4O4.C19H40O10/c40-30(41)21-18-25-16-19-29(20-17-25)32-36-33-31(37(32)22-26-10-4-1-5-11-26)34(42)39(24-28-14-8-3-9-15-28)35(43)38(33)23-27-12-6-2-7-13-27;1-21-4-5-23-8-9-25-12-13-27-16-17-29-19-18-28-15-14-26-11-10-24-7-6-22-3-2-20/h1,4-5,10-11,16-21,27-28H,2-3,6-9,12-15,22-24H2,(H,40,41);20H,2-19H2,1H3/b21-18+;. The third-order valence-corrected chi connectivity index (χ3v) is 12.5. The number of ether oxygens (including phenoxy) is 9. The van der Waals surface area contributed by atoms with Gasteiger partial charge in [0, 0.05) is 38.4 Å². The maximum Gasteiger partial charge on any atom is 0.332 e. The molecule has 18 heteroatoms. The zero-order valence-corrected chi connectivity index (χ0v) is 42.5. The number of aliphatic hydroxyl groups excluding tert-OH is 1. The summed E-state index contributed by atoms with van der Waals surface area (Å²) in [6.07, 6.45) is 14.0. The van der Waals surface area contributed by atoms with Crippen molar-refractivity contribution in [1.29, 1.82) is 0 Å². The Kier molecular flexibility index (Phi) is 28.8. The van der Waals surface area contributed by atoms with Gasteiger partial charge >= 0.3 is 11.7 Å². The van der Waals surface area contributed by atoms with Crippen LogP contribution < -0.4 is 11.2 Å². The van der Waals surface area contributed by atoms with Gasteiger partial charge in [0.05, 0.1) is 119 Å². The maximum absolute atomic E-state index is 14.4. The Hall–Kier alpha value is -4.60.